The highest BCUT2D eigenvalue weighted by molar-refractivity contribution is 9.10. The second-order valence-corrected chi connectivity index (χ2v) is 10.7. The van der Waals surface area contributed by atoms with Crippen molar-refractivity contribution in [1.29, 1.82) is 0 Å². The highest BCUT2D eigenvalue weighted by atomic mass is 79.9. The number of alkyl halides is 1. The van der Waals surface area contributed by atoms with Gasteiger partial charge in [0.15, 0.2) is 4.51 Å². The van der Waals surface area contributed by atoms with E-state index in [-0.39, 0.29) is 0 Å². The van der Waals surface area contributed by atoms with Gasteiger partial charge in [-0.25, -0.2) is 0 Å². The number of allylic oxidation sites excluding steroid dienone is 2. The summed E-state index contributed by atoms with van der Waals surface area (Å²) in [6.45, 7) is 6.59. The monoisotopic (exact) mass is 526 g/mol. The van der Waals surface area contributed by atoms with Gasteiger partial charge in [0.1, 0.15) is 0 Å². The van der Waals surface area contributed by atoms with Crippen molar-refractivity contribution in [2.75, 3.05) is 31.0 Å². The highest BCUT2D eigenvalue weighted by Crippen LogP contribution is 2.54. The molecule has 35 heavy (non-hydrogen) atoms. The number of fused-ring (bicyclic) bond motifs is 2. The van der Waals surface area contributed by atoms with Crippen molar-refractivity contribution < 1.29 is 4.74 Å². The van der Waals surface area contributed by atoms with Crippen molar-refractivity contribution >= 4 is 38.6 Å². The minimum absolute atomic E-state index is 0.749. The number of benzene rings is 3. The molecule has 5 rings (SSSR count). The van der Waals surface area contributed by atoms with E-state index >= 15 is 0 Å². The summed E-state index contributed by atoms with van der Waals surface area (Å²) in [5, 5.41) is 0. The van der Waals surface area contributed by atoms with Crippen LogP contribution in [0, 0.1) is 20.8 Å². The first-order valence-corrected chi connectivity index (χ1v) is 12.7. The van der Waals surface area contributed by atoms with Gasteiger partial charge >= 0.3 is 0 Å². The third kappa shape index (κ3) is 3.85. The van der Waals surface area contributed by atoms with Gasteiger partial charge in [-0.2, -0.15) is 0 Å². The lowest BCUT2D eigenvalue weighted by Gasteiger charge is -2.43. The van der Waals surface area contributed by atoms with E-state index < -0.39 is 4.51 Å². The first-order valence-electron chi connectivity index (χ1n) is 11.9. The number of aryl methyl sites for hydroxylation is 3. The molecular formula is C31H31BrN2O. The Hall–Kier alpha value is -3.08. The molecule has 0 amide bonds. The Bertz CT molecular complexity index is 1380. The molecule has 1 heterocycles. The fourth-order valence-electron chi connectivity index (χ4n) is 5.41. The van der Waals surface area contributed by atoms with Crippen LogP contribution in [-0.2, 0) is 4.74 Å². The van der Waals surface area contributed by atoms with E-state index in [9.17, 15) is 0 Å². The lowest BCUT2D eigenvalue weighted by molar-refractivity contribution is 0.147. The molecule has 1 atom stereocenters. The van der Waals surface area contributed by atoms with Gasteiger partial charge in [0.25, 0.3) is 0 Å². The predicted octanol–water partition coefficient (Wildman–Crippen LogP) is 7.82. The molecule has 0 bridgehead atoms. The number of para-hydroxylation sites is 1. The first-order chi connectivity index (χ1) is 16.7. The maximum absolute atomic E-state index is 6.16. The second-order valence-electron chi connectivity index (χ2n) is 9.55. The number of hydrogen-bond acceptors (Lipinski definition) is 3. The zero-order valence-electron chi connectivity index (χ0n) is 21.2. The maximum atomic E-state index is 6.16. The Balaban J connectivity index is 1.94. The molecule has 3 aromatic carbocycles. The lowest BCUT2D eigenvalue weighted by atomic mass is 9.79. The maximum Gasteiger partial charge on any atom is 0.169 e. The van der Waals surface area contributed by atoms with E-state index in [0.717, 1.165) is 28.3 Å². The van der Waals surface area contributed by atoms with Gasteiger partial charge in [-0.1, -0.05) is 48.0 Å². The van der Waals surface area contributed by atoms with Gasteiger partial charge in [-0.3, -0.25) is 0 Å². The van der Waals surface area contributed by atoms with Crippen LogP contribution >= 0.6 is 15.9 Å². The molecule has 0 aromatic heterocycles. The van der Waals surface area contributed by atoms with Crippen LogP contribution in [0.3, 0.4) is 0 Å². The van der Waals surface area contributed by atoms with Crippen LogP contribution in [-0.4, -0.2) is 25.7 Å². The number of nitrogens with zero attached hydrogens (tertiary/aromatic N) is 2. The number of ether oxygens (including phenoxy) is 1. The molecule has 0 spiro atoms. The Labute approximate surface area is 217 Å². The summed E-state index contributed by atoms with van der Waals surface area (Å²) in [6.07, 6.45) is 6.37. The van der Waals surface area contributed by atoms with E-state index in [2.05, 4.69) is 139 Å². The van der Waals surface area contributed by atoms with E-state index in [0.29, 0.717) is 0 Å². The molecule has 0 saturated carbocycles. The van der Waals surface area contributed by atoms with Crippen molar-refractivity contribution in [3.05, 3.63) is 118 Å². The third-order valence-electron chi connectivity index (χ3n) is 6.90. The molecule has 0 saturated heterocycles. The van der Waals surface area contributed by atoms with Gasteiger partial charge in [-0.05, 0) is 89.8 Å². The summed E-state index contributed by atoms with van der Waals surface area (Å²) < 4.78 is 5.41. The van der Waals surface area contributed by atoms with E-state index in [1.54, 1.807) is 7.11 Å². The topological polar surface area (TPSA) is 15.7 Å². The molecule has 1 unspecified atom stereocenters. The van der Waals surface area contributed by atoms with Crippen molar-refractivity contribution in [2.45, 2.75) is 25.3 Å². The van der Waals surface area contributed by atoms with E-state index in [4.69, 9.17) is 4.74 Å². The van der Waals surface area contributed by atoms with E-state index in [1.165, 1.54) is 33.4 Å². The van der Waals surface area contributed by atoms with Crippen molar-refractivity contribution in [1.82, 2.24) is 0 Å². The predicted molar refractivity (Wildman–Crippen MR) is 152 cm³/mol. The standard InChI is InChI=1S/C31H31BrN2O/c1-20-17-21(2)28(22(3)18-20)29-25-15-14-24(33(4)5)19-27(25)34(23-11-8-7-9-12-23)26-13-10-16-31(32,35-6)30(26)29/h7-19H,1-6H3. The fourth-order valence-corrected chi connectivity index (χ4v) is 5.96. The summed E-state index contributed by atoms with van der Waals surface area (Å²) in [6, 6.07) is 21.9. The number of rotatable bonds is 4. The van der Waals surface area contributed by atoms with Gasteiger partial charge in [0, 0.05) is 49.3 Å². The summed E-state index contributed by atoms with van der Waals surface area (Å²) in [7, 11) is 5.94. The SMILES string of the molecule is COC1(Br)C=CC=C2C1=C(c1c(C)cc(C)cc1C)c1ccc(N(C)C)cc1N2c1ccccc1. The van der Waals surface area contributed by atoms with Gasteiger partial charge < -0.3 is 14.5 Å². The molecule has 0 N–H and O–H groups in total. The molecule has 3 nitrogen and oxygen atoms in total. The Morgan fingerprint density at radius 1 is 0.914 bits per heavy atom. The molecule has 1 aliphatic carbocycles. The highest BCUT2D eigenvalue weighted by Gasteiger charge is 2.42. The third-order valence-corrected chi connectivity index (χ3v) is 7.88. The van der Waals surface area contributed by atoms with Gasteiger partial charge in [0.05, 0.1) is 11.4 Å². The minimum atomic E-state index is -0.749. The number of methoxy groups -OCH3 is 1. The summed E-state index contributed by atoms with van der Waals surface area (Å²) >= 11 is 3.98. The quantitative estimate of drug-likeness (QED) is 0.322. The Kier molecular flexibility index (Phi) is 5.98. The zero-order valence-corrected chi connectivity index (χ0v) is 22.8. The normalized spacial score (nSPS) is 18.8. The number of halogens is 1. The van der Waals surface area contributed by atoms with Crippen LogP contribution in [0.1, 0.15) is 27.8 Å². The van der Waals surface area contributed by atoms with Crippen LogP contribution in [0.5, 0.6) is 0 Å². The van der Waals surface area contributed by atoms with Crippen LogP contribution in [0.15, 0.2) is 90.2 Å². The molecule has 178 valence electrons. The number of anilines is 3. The second kappa shape index (κ2) is 8.85. The molecule has 3 aromatic rings. The minimum Gasteiger partial charge on any atom is -0.378 e. The van der Waals surface area contributed by atoms with Crippen LogP contribution in [0.2, 0.25) is 0 Å². The van der Waals surface area contributed by atoms with Crippen molar-refractivity contribution in [3.8, 4) is 0 Å². The first kappa shape index (κ1) is 23.7. The smallest absolute Gasteiger partial charge is 0.169 e. The van der Waals surface area contributed by atoms with Crippen LogP contribution in [0.25, 0.3) is 5.57 Å². The van der Waals surface area contributed by atoms with Crippen LogP contribution < -0.4 is 9.80 Å². The molecular weight excluding hydrogens is 496 g/mol. The lowest BCUT2D eigenvalue weighted by Crippen LogP contribution is -2.36. The van der Waals surface area contributed by atoms with Crippen molar-refractivity contribution in [2.24, 2.45) is 0 Å². The number of hydrogen-bond donors (Lipinski definition) is 0. The largest absolute Gasteiger partial charge is 0.378 e. The fraction of sp³-hybridized carbons (Fsp3) is 0.226. The Morgan fingerprint density at radius 2 is 1.60 bits per heavy atom. The zero-order chi connectivity index (χ0) is 24.9. The average molecular weight is 528 g/mol. The van der Waals surface area contributed by atoms with Gasteiger partial charge in [-0.15, -0.1) is 0 Å². The molecule has 0 radical (unpaired) electrons. The van der Waals surface area contributed by atoms with Crippen molar-refractivity contribution in [3.63, 3.8) is 0 Å². The summed E-state index contributed by atoms with van der Waals surface area (Å²) in [5.41, 5.74) is 13.1. The molecule has 4 heteroatoms. The van der Waals surface area contributed by atoms with Gasteiger partial charge in [0.2, 0.25) is 0 Å². The molecule has 0 fully saturated rings. The molecule has 2 aliphatic rings. The Morgan fingerprint density at radius 3 is 2.23 bits per heavy atom. The average Bonchev–Trinajstić information content (AvgIpc) is 2.83. The van der Waals surface area contributed by atoms with E-state index in [1.807, 2.05) is 0 Å². The summed E-state index contributed by atoms with van der Waals surface area (Å²) in [5.74, 6) is 0. The summed E-state index contributed by atoms with van der Waals surface area (Å²) in [4.78, 5) is 4.52. The van der Waals surface area contributed by atoms with Crippen LogP contribution in [0.4, 0.5) is 17.1 Å². The molecule has 1 aliphatic heterocycles.